The summed E-state index contributed by atoms with van der Waals surface area (Å²) in [6.07, 6.45) is 3.35. The standard InChI is InChI=1S/C22H17N3O3/c1-26-13-15-20-18(12-23-22(15)17-10-11-27-25-17)24-16-8-5-9-19(21(16)20)28-14-6-3-2-4-7-14/h2-12,24H,13H2,1H3. The van der Waals surface area contributed by atoms with Crippen molar-refractivity contribution in [3.05, 3.63) is 72.6 Å². The SMILES string of the molecule is COCc1c(-c2ccon2)ncc2[nH]c3cccc(Oc4ccccc4)c3c12. The Morgan fingerprint density at radius 3 is 2.64 bits per heavy atom. The molecule has 138 valence electrons. The number of benzene rings is 2. The monoisotopic (exact) mass is 371 g/mol. The summed E-state index contributed by atoms with van der Waals surface area (Å²) in [5, 5.41) is 6.05. The number of H-pyrrole nitrogens is 1. The van der Waals surface area contributed by atoms with Crippen LogP contribution >= 0.6 is 0 Å². The van der Waals surface area contributed by atoms with E-state index in [1.165, 1.54) is 6.26 Å². The molecule has 3 heterocycles. The van der Waals surface area contributed by atoms with Crippen LogP contribution in [0.1, 0.15) is 5.56 Å². The number of hydrogen-bond donors (Lipinski definition) is 1. The van der Waals surface area contributed by atoms with E-state index >= 15 is 0 Å². The zero-order valence-electron chi connectivity index (χ0n) is 15.2. The Bertz CT molecular complexity index is 1240. The van der Waals surface area contributed by atoms with Gasteiger partial charge in [0.05, 0.1) is 34.9 Å². The average Bonchev–Trinajstić information content (AvgIpc) is 3.37. The number of hydrogen-bond acceptors (Lipinski definition) is 5. The minimum absolute atomic E-state index is 0.388. The zero-order chi connectivity index (χ0) is 18.9. The molecule has 0 saturated carbocycles. The minimum atomic E-state index is 0.388. The Kier molecular flexibility index (Phi) is 4.03. The third kappa shape index (κ3) is 2.71. The van der Waals surface area contributed by atoms with Gasteiger partial charge in [0.2, 0.25) is 0 Å². The van der Waals surface area contributed by atoms with Gasteiger partial charge < -0.3 is 19.0 Å². The third-order valence-corrected chi connectivity index (χ3v) is 4.67. The Hall–Kier alpha value is -3.64. The predicted octanol–water partition coefficient (Wildman–Crippen LogP) is 5.31. The first-order chi connectivity index (χ1) is 13.8. The van der Waals surface area contributed by atoms with Crippen LogP contribution in [-0.2, 0) is 11.3 Å². The number of nitrogens with zero attached hydrogens (tertiary/aromatic N) is 2. The van der Waals surface area contributed by atoms with Crippen molar-refractivity contribution in [2.75, 3.05) is 7.11 Å². The molecule has 0 saturated heterocycles. The number of nitrogens with one attached hydrogen (secondary N) is 1. The summed E-state index contributed by atoms with van der Waals surface area (Å²) in [6.45, 7) is 0.388. The highest BCUT2D eigenvalue weighted by molar-refractivity contribution is 6.13. The molecule has 0 unspecified atom stereocenters. The van der Waals surface area contributed by atoms with Crippen molar-refractivity contribution in [2.24, 2.45) is 0 Å². The molecule has 0 amide bonds. The Morgan fingerprint density at radius 1 is 0.964 bits per heavy atom. The molecular weight excluding hydrogens is 354 g/mol. The van der Waals surface area contributed by atoms with Crippen LogP contribution < -0.4 is 4.74 Å². The molecule has 0 aliphatic rings. The van der Waals surface area contributed by atoms with E-state index in [0.29, 0.717) is 12.3 Å². The van der Waals surface area contributed by atoms with E-state index in [-0.39, 0.29) is 0 Å². The minimum Gasteiger partial charge on any atom is -0.457 e. The van der Waals surface area contributed by atoms with E-state index < -0.39 is 0 Å². The van der Waals surface area contributed by atoms with E-state index in [9.17, 15) is 0 Å². The molecular formula is C22H17N3O3. The number of methoxy groups -OCH3 is 1. The highest BCUT2D eigenvalue weighted by atomic mass is 16.5. The van der Waals surface area contributed by atoms with Crippen molar-refractivity contribution in [3.63, 3.8) is 0 Å². The maximum atomic E-state index is 6.21. The van der Waals surface area contributed by atoms with Crippen LogP contribution in [0.15, 0.2) is 71.6 Å². The lowest BCUT2D eigenvalue weighted by molar-refractivity contribution is 0.186. The number of aromatic nitrogens is 3. The molecule has 1 N–H and O–H groups in total. The van der Waals surface area contributed by atoms with Gasteiger partial charge in [-0.2, -0.15) is 0 Å². The zero-order valence-corrected chi connectivity index (χ0v) is 15.2. The van der Waals surface area contributed by atoms with Crippen molar-refractivity contribution in [1.82, 2.24) is 15.1 Å². The largest absolute Gasteiger partial charge is 0.457 e. The number of pyridine rings is 1. The van der Waals surface area contributed by atoms with Crippen molar-refractivity contribution in [2.45, 2.75) is 6.61 Å². The molecule has 0 aliphatic heterocycles. The van der Waals surface area contributed by atoms with Gasteiger partial charge in [-0.3, -0.25) is 4.98 Å². The molecule has 0 fully saturated rings. The molecule has 0 aliphatic carbocycles. The molecule has 0 spiro atoms. The van der Waals surface area contributed by atoms with Crippen LogP contribution in [0.25, 0.3) is 33.2 Å². The second kappa shape index (κ2) is 6.83. The fourth-order valence-electron chi connectivity index (χ4n) is 3.51. The highest BCUT2D eigenvalue weighted by Crippen LogP contribution is 2.39. The number of ether oxygens (including phenoxy) is 2. The van der Waals surface area contributed by atoms with Crippen molar-refractivity contribution < 1.29 is 14.0 Å². The first-order valence-electron chi connectivity index (χ1n) is 8.90. The summed E-state index contributed by atoms with van der Waals surface area (Å²) in [4.78, 5) is 8.04. The number of aromatic amines is 1. The van der Waals surface area contributed by atoms with E-state index in [1.54, 1.807) is 13.2 Å². The first-order valence-corrected chi connectivity index (χ1v) is 8.90. The van der Waals surface area contributed by atoms with Gasteiger partial charge in [-0.05, 0) is 24.3 Å². The number of para-hydroxylation sites is 1. The van der Waals surface area contributed by atoms with Gasteiger partial charge in [-0.25, -0.2) is 0 Å². The predicted molar refractivity (Wildman–Crippen MR) is 106 cm³/mol. The summed E-state index contributed by atoms with van der Waals surface area (Å²) in [5.74, 6) is 1.55. The van der Waals surface area contributed by atoms with Crippen molar-refractivity contribution in [1.29, 1.82) is 0 Å². The van der Waals surface area contributed by atoms with E-state index in [4.69, 9.17) is 14.0 Å². The van der Waals surface area contributed by atoms with Crippen LogP contribution in [0, 0.1) is 0 Å². The molecule has 5 rings (SSSR count). The quantitative estimate of drug-likeness (QED) is 0.453. The highest BCUT2D eigenvalue weighted by Gasteiger charge is 2.19. The first kappa shape index (κ1) is 16.5. The van der Waals surface area contributed by atoms with Gasteiger partial charge in [0, 0.05) is 24.1 Å². The lowest BCUT2D eigenvalue weighted by Crippen LogP contribution is -1.97. The van der Waals surface area contributed by atoms with E-state index in [1.807, 2.05) is 54.7 Å². The van der Waals surface area contributed by atoms with Gasteiger partial charge in [0.15, 0.2) is 0 Å². The average molecular weight is 371 g/mol. The van der Waals surface area contributed by atoms with Gasteiger partial charge >= 0.3 is 0 Å². The van der Waals surface area contributed by atoms with E-state index in [0.717, 1.165) is 44.6 Å². The van der Waals surface area contributed by atoms with Crippen LogP contribution in [0.4, 0.5) is 0 Å². The van der Waals surface area contributed by atoms with Gasteiger partial charge in [0.25, 0.3) is 0 Å². The maximum absolute atomic E-state index is 6.21. The summed E-state index contributed by atoms with van der Waals surface area (Å²) < 4.78 is 16.7. The molecule has 6 heteroatoms. The van der Waals surface area contributed by atoms with Gasteiger partial charge in [0.1, 0.15) is 23.5 Å². The lowest BCUT2D eigenvalue weighted by Gasteiger charge is -2.10. The second-order valence-electron chi connectivity index (χ2n) is 6.41. The Labute approximate surface area is 160 Å². The molecule has 5 aromatic rings. The van der Waals surface area contributed by atoms with Crippen LogP contribution in [0.5, 0.6) is 11.5 Å². The molecule has 3 aromatic heterocycles. The number of rotatable bonds is 5. The molecule has 2 aromatic carbocycles. The second-order valence-corrected chi connectivity index (χ2v) is 6.41. The topological polar surface area (TPSA) is 73.2 Å². The van der Waals surface area contributed by atoms with Gasteiger partial charge in [-0.1, -0.05) is 29.4 Å². The summed E-state index contributed by atoms with van der Waals surface area (Å²) in [5.41, 5.74) is 4.23. The Morgan fingerprint density at radius 2 is 1.86 bits per heavy atom. The molecule has 0 bridgehead atoms. The van der Waals surface area contributed by atoms with Crippen LogP contribution in [0.3, 0.4) is 0 Å². The fourth-order valence-corrected chi connectivity index (χ4v) is 3.51. The summed E-state index contributed by atoms with van der Waals surface area (Å²) in [7, 11) is 1.67. The Balaban J connectivity index is 1.80. The summed E-state index contributed by atoms with van der Waals surface area (Å²) >= 11 is 0. The molecule has 0 radical (unpaired) electrons. The molecule has 28 heavy (non-hydrogen) atoms. The normalized spacial score (nSPS) is 11.3. The maximum Gasteiger partial charge on any atom is 0.137 e. The number of fused-ring (bicyclic) bond motifs is 3. The van der Waals surface area contributed by atoms with Crippen LogP contribution in [0.2, 0.25) is 0 Å². The molecule has 6 nitrogen and oxygen atoms in total. The fraction of sp³-hybridized carbons (Fsp3) is 0.0909. The summed E-state index contributed by atoms with van der Waals surface area (Å²) in [6, 6.07) is 17.5. The third-order valence-electron chi connectivity index (χ3n) is 4.67. The van der Waals surface area contributed by atoms with Crippen LogP contribution in [-0.4, -0.2) is 22.2 Å². The smallest absolute Gasteiger partial charge is 0.137 e. The van der Waals surface area contributed by atoms with Crippen molar-refractivity contribution >= 4 is 21.8 Å². The van der Waals surface area contributed by atoms with Gasteiger partial charge in [-0.15, -0.1) is 0 Å². The lowest BCUT2D eigenvalue weighted by atomic mass is 10.0. The van der Waals surface area contributed by atoms with E-state index in [2.05, 4.69) is 15.1 Å². The van der Waals surface area contributed by atoms with Crippen molar-refractivity contribution in [3.8, 4) is 22.9 Å². The molecule has 0 atom stereocenters.